The normalized spacial score (nSPS) is 11.0. The van der Waals surface area contributed by atoms with Gasteiger partial charge in [0.2, 0.25) is 0 Å². The van der Waals surface area contributed by atoms with Gasteiger partial charge in [-0.25, -0.2) is 4.98 Å². The molecule has 1 heteroatoms. The Balaban J connectivity index is 1.03. The van der Waals surface area contributed by atoms with Gasteiger partial charge in [0.1, 0.15) is 0 Å². The SMILES string of the molecule is C(=C(c1ccccc1)c1ccccc1)c1ccc(/C=C/c2cccc(/C=C/c3ccc(C=C(c4ccccc4)c4ccccc4)cc3)n2)cc1. The van der Waals surface area contributed by atoms with Crippen LogP contribution in [0.25, 0.3) is 47.6 Å². The van der Waals surface area contributed by atoms with Crippen LogP contribution in [0.1, 0.15) is 55.9 Å². The van der Waals surface area contributed by atoms with Gasteiger partial charge in [0, 0.05) is 0 Å². The van der Waals surface area contributed by atoms with Crippen LogP contribution in [0.5, 0.6) is 0 Å². The van der Waals surface area contributed by atoms with Crippen LogP contribution in [-0.2, 0) is 0 Å². The summed E-state index contributed by atoms with van der Waals surface area (Å²) in [6.45, 7) is 0. The molecule has 0 spiro atoms. The Morgan fingerprint density at radius 1 is 0.280 bits per heavy atom. The van der Waals surface area contributed by atoms with Crippen LogP contribution in [0.3, 0.4) is 0 Å². The van der Waals surface area contributed by atoms with Crippen molar-refractivity contribution in [3.8, 4) is 0 Å². The van der Waals surface area contributed by atoms with Crippen LogP contribution in [0.15, 0.2) is 188 Å². The fourth-order valence-corrected chi connectivity index (χ4v) is 5.90. The quantitative estimate of drug-likeness (QED) is 0.136. The summed E-state index contributed by atoms with van der Waals surface area (Å²) >= 11 is 0. The zero-order chi connectivity index (χ0) is 33.8. The van der Waals surface area contributed by atoms with E-state index in [1.807, 2.05) is 12.1 Å². The van der Waals surface area contributed by atoms with E-state index in [4.69, 9.17) is 4.98 Å². The van der Waals surface area contributed by atoms with Crippen LogP contribution < -0.4 is 0 Å². The summed E-state index contributed by atoms with van der Waals surface area (Å²) in [5, 5.41) is 0. The Hall–Kier alpha value is -6.57. The van der Waals surface area contributed by atoms with Crippen molar-refractivity contribution in [3.63, 3.8) is 0 Å². The molecule has 50 heavy (non-hydrogen) atoms. The molecule has 0 saturated carbocycles. The predicted octanol–water partition coefficient (Wildman–Crippen LogP) is 12.6. The summed E-state index contributed by atoms with van der Waals surface area (Å²) in [5.41, 5.74) is 13.6. The Labute approximate surface area is 295 Å². The maximum absolute atomic E-state index is 4.86. The second kappa shape index (κ2) is 16.0. The lowest BCUT2D eigenvalue weighted by Crippen LogP contribution is -1.88. The third-order valence-electron chi connectivity index (χ3n) is 8.52. The highest BCUT2D eigenvalue weighted by atomic mass is 14.7. The molecular formula is C49H37N. The molecule has 0 saturated heterocycles. The van der Waals surface area contributed by atoms with E-state index >= 15 is 0 Å². The fourth-order valence-electron chi connectivity index (χ4n) is 5.90. The number of aromatic nitrogens is 1. The van der Waals surface area contributed by atoms with Crippen molar-refractivity contribution < 1.29 is 0 Å². The number of benzene rings is 6. The second-order valence-electron chi connectivity index (χ2n) is 12.1. The molecule has 0 N–H and O–H groups in total. The van der Waals surface area contributed by atoms with Gasteiger partial charge in [0.25, 0.3) is 0 Å². The lowest BCUT2D eigenvalue weighted by Gasteiger charge is -2.09. The van der Waals surface area contributed by atoms with Gasteiger partial charge in [-0.2, -0.15) is 0 Å². The van der Waals surface area contributed by atoms with Gasteiger partial charge in [-0.3, -0.25) is 0 Å². The summed E-state index contributed by atoms with van der Waals surface area (Å²) in [6, 6.07) is 65.6. The Morgan fingerprint density at radius 3 is 0.900 bits per heavy atom. The molecule has 0 atom stereocenters. The molecule has 0 unspecified atom stereocenters. The first-order chi connectivity index (χ1) is 24.8. The summed E-state index contributed by atoms with van der Waals surface area (Å²) in [5.74, 6) is 0. The number of hydrogen-bond donors (Lipinski definition) is 0. The van der Waals surface area contributed by atoms with Crippen LogP contribution in [0.2, 0.25) is 0 Å². The largest absolute Gasteiger partial charge is 0.249 e. The van der Waals surface area contributed by atoms with Crippen molar-refractivity contribution in [3.05, 3.63) is 244 Å². The molecule has 0 bridgehead atoms. The van der Waals surface area contributed by atoms with Crippen molar-refractivity contribution in [2.45, 2.75) is 0 Å². The maximum Gasteiger partial charge on any atom is 0.0637 e. The van der Waals surface area contributed by atoms with E-state index in [9.17, 15) is 0 Å². The maximum atomic E-state index is 4.86. The highest BCUT2D eigenvalue weighted by molar-refractivity contribution is 5.92. The second-order valence-corrected chi connectivity index (χ2v) is 12.1. The zero-order valence-electron chi connectivity index (χ0n) is 27.8. The van der Waals surface area contributed by atoms with Crippen LogP contribution in [0, 0.1) is 0 Å². The highest BCUT2D eigenvalue weighted by Crippen LogP contribution is 2.27. The molecule has 0 aliphatic carbocycles. The lowest BCUT2D eigenvalue weighted by molar-refractivity contribution is 1.27. The Morgan fingerprint density at radius 2 is 0.580 bits per heavy atom. The predicted molar refractivity (Wildman–Crippen MR) is 215 cm³/mol. The zero-order valence-corrected chi connectivity index (χ0v) is 27.8. The van der Waals surface area contributed by atoms with Gasteiger partial charge in [-0.1, -0.05) is 188 Å². The van der Waals surface area contributed by atoms with E-state index in [2.05, 4.69) is 212 Å². The van der Waals surface area contributed by atoms with Gasteiger partial charge in [0.15, 0.2) is 0 Å². The molecule has 1 aromatic heterocycles. The number of rotatable bonds is 10. The molecule has 0 aliphatic heterocycles. The molecular weight excluding hydrogens is 603 g/mol. The first-order valence-electron chi connectivity index (χ1n) is 17.0. The molecule has 0 amide bonds. The molecule has 1 heterocycles. The van der Waals surface area contributed by atoms with Gasteiger partial charge < -0.3 is 0 Å². The van der Waals surface area contributed by atoms with E-state index in [1.165, 1.54) is 33.4 Å². The van der Waals surface area contributed by atoms with Gasteiger partial charge in [0.05, 0.1) is 11.4 Å². The molecule has 1 nitrogen and oxygen atoms in total. The fraction of sp³-hybridized carbons (Fsp3) is 0. The van der Waals surface area contributed by atoms with E-state index < -0.39 is 0 Å². The smallest absolute Gasteiger partial charge is 0.0637 e. The van der Waals surface area contributed by atoms with Gasteiger partial charge >= 0.3 is 0 Å². The highest BCUT2D eigenvalue weighted by Gasteiger charge is 2.06. The van der Waals surface area contributed by atoms with Crippen molar-refractivity contribution in [2.24, 2.45) is 0 Å². The van der Waals surface area contributed by atoms with Gasteiger partial charge in [-0.15, -0.1) is 0 Å². The van der Waals surface area contributed by atoms with E-state index in [0.29, 0.717) is 0 Å². The standard InChI is InChI=1S/C49H37N/c1-5-14-42(15-6-1)48(43-16-7-2-8-17-43)36-40-28-24-38(25-29-40)32-34-46-22-13-23-47(50-46)35-33-39-26-30-41(31-27-39)37-49(44-18-9-3-10-19-44)45-20-11-4-12-21-45/h1-37H/b34-32+,35-33+. The summed E-state index contributed by atoms with van der Waals surface area (Å²) in [6.07, 6.45) is 12.9. The molecule has 7 rings (SSSR count). The summed E-state index contributed by atoms with van der Waals surface area (Å²) < 4.78 is 0. The average molecular weight is 640 g/mol. The first-order valence-corrected chi connectivity index (χ1v) is 17.0. The first kappa shape index (κ1) is 32.0. The van der Waals surface area contributed by atoms with E-state index in [1.54, 1.807) is 0 Å². The lowest BCUT2D eigenvalue weighted by atomic mass is 9.95. The molecule has 238 valence electrons. The van der Waals surface area contributed by atoms with Crippen LogP contribution in [0.4, 0.5) is 0 Å². The summed E-state index contributed by atoms with van der Waals surface area (Å²) in [4.78, 5) is 4.86. The molecule has 7 aromatic rings. The minimum absolute atomic E-state index is 0.918. The minimum atomic E-state index is 0.918. The number of nitrogens with zero attached hydrogens (tertiary/aromatic N) is 1. The van der Waals surface area contributed by atoms with E-state index in [-0.39, 0.29) is 0 Å². The van der Waals surface area contributed by atoms with Crippen molar-refractivity contribution >= 4 is 47.6 Å². The monoisotopic (exact) mass is 639 g/mol. The number of hydrogen-bond acceptors (Lipinski definition) is 1. The summed E-state index contributed by atoms with van der Waals surface area (Å²) in [7, 11) is 0. The molecule has 0 radical (unpaired) electrons. The molecule has 0 aliphatic rings. The Kier molecular flexibility index (Phi) is 10.3. The van der Waals surface area contributed by atoms with Crippen molar-refractivity contribution in [1.29, 1.82) is 0 Å². The Bertz CT molecular complexity index is 2000. The third kappa shape index (κ3) is 8.47. The average Bonchev–Trinajstić information content (AvgIpc) is 3.20. The van der Waals surface area contributed by atoms with Crippen molar-refractivity contribution in [2.75, 3.05) is 0 Å². The molecule has 6 aromatic carbocycles. The van der Waals surface area contributed by atoms with Gasteiger partial charge in [-0.05, 0) is 92.1 Å². The third-order valence-corrected chi connectivity index (χ3v) is 8.52. The minimum Gasteiger partial charge on any atom is -0.249 e. The van der Waals surface area contributed by atoms with E-state index in [0.717, 1.165) is 33.6 Å². The topological polar surface area (TPSA) is 12.9 Å². The van der Waals surface area contributed by atoms with Crippen molar-refractivity contribution in [1.82, 2.24) is 4.98 Å². The van der Waals surface area contributed by atoms with Crippen LogP contribution >= 0.6 is 0 Å². The van der Waals surface area contributed by atoms with Crippen LogP contribution in [-0.4, -0.2) is 4.98 Å². The number of pyridine rings is 1. The molecule has 0 fully saturated rings.